The van der Waals surface area contributed by atoms with Crippen LogP contribution >= 0.6 is 23.2 Å². The molecule has 2 aromatic rings. The molecule has 1 atom stereocenters. The molecule has 0 aliphatic carbocycles. The summed E-state index contributed by atoms with van der Waals surface area (Å²) in [5.74, 6) is 0. The third kappa shape index (κ3) is 3.30. The van der Waals surface area contributed by atoms with Gasteiger partial charge in [0.15, 0.2) is 0 Å². The normalized spacial score (nSPS) is 12.4. The van der Waals surface area contributed by atoms with Crippen molar-refractivity contribution in [2.45, 2.75) is 19.4 Å². The van der Waals surface area contributed by atoms with E-state index in [9.17, 15) is 0 Å². The summed E-state index contributed by atoms with van der Waals surface area (Å²) >= 11 is 12.1. The molecule has 0 heterocycles. The van der Waals surface area contributed by atoms with Gasteiger partial charge in [-0.15, -0.1) is 0 Å². The average molecular weight is 294 g/mol. The number of nitrogens with one attached hydrogen (secondary N) is 1. The van der Waals surface area contributed by atoms with Gasteiger partial charge in [0.05, 0.1) is 16.1 Å². The van der Waals surface area contributed by atoms with E-state index in [0.29, 0.717) is 10.0 Å². The van der Waals surface area contributed by atoms with Gasteiger partial charge in [0.25, 0.3) is 0 Å². The van der Waals surface area contributed by atoms with Crippen LogP contribution in [0.1, 0.15) is 29.7 Å². The molecular weight excluding hydrogens is 277 g/mol. The molecule has 0 amide bonds. The second kappa shape index (κ2) is 6.42. The third-order valence-electron chi connectivity index (χ3n) is 3.26. The molecule has 0 fully saturated rings. The van der Waals surface area contributed by atoms with Crippen molar-refractivity contribution in [3.8, 4) is 0 Å². The van der Waals surface area contributed by atoms with Crippen molar-refractivity contribution in [1.29, 1.82) is 0 Å². The molecule has 0 saturated heterocycles. The minimum absolute atomic E-state index is 0.126. The fraction of sp³-hybridized carbons (Fsp3) is 0.250. The minimum atomic E-state index is 0.126. The maximum absolute atomic E-state index is 6.10. The van der Waals surface area contributed by atoms with Gasteiger partial charge in [-0.25, -0.2) is 0 Å². The first-order valence-corrected chi connectivity index (χ1v) is 7.12. The van der Waals surface area contributed by atoms with Crippen LogP contribution in [0, 0.1) is 0 Å². The Bertz CT molecular complexity index is 566. The SMILES string of the molecule is CCc1cccc(C(NC)c2ccc(Cl)c(Cl)c2)c1. The number of aryl methyl sites for hydroxylation is 1. The van der Waals surface area contributed by atoms with Gasteiger partial charge in [-0.2, -0.15) is 0 Å². The van der Waals surface area contributed by atoms with E-state index >= 15 is 0 Å². The van der Waals surface area contributed by atoms with E-state index in [2.05, 4.69) is 36.5 Å². The highest BCUT2D eigenvalue weighted by molar-refractivity contribution is 6.42. The van der Waals surface area contributed by atoms with E-state index in [0.717, 1.165) is 12.0 Å². The van der Waals surface area contributed by atoms with E-state index in [1.807, 2.05) is 25.2 Å². The van der Waals surface area contributed by atoms with E-state index in [-0.39, 0.29) is 6.04 Å². The predicted molar refractivity (Wildman–Crippen MR) is 83.2 cm³/mol. The van der Waals surface area contributed by atoms with Crippen LogP contribution in [0.15, 0.2) is 42.5 Å². The van der Waals surface area contributed by atoms with E-state index in [4.69, 9.17) is 23.2 Å². The second-order valence-electron chi connectivity index (χ2n) is 4.49. The lowest BCUT2D eigenvalue weighted by Crippen LogP contribution is -2.17. The van der Waals surface area contributed by atoms with Crippen molar-refractivity contribution in [2.24, 2.45) is 0 Å². The summed E-state index contributed by atoms with van der Waals surface area (Å²) in [4.78, 5) is 0. The van der Waals surface area contributed by atoms with Gasteiger partial charge in [-0.05, 0) is 42.3 Å². The van der Waals surface area contributed by atoms with Crippen LogP contribution in [0.25, 0.3) is 0 Å². The van der Waals surface area contributed by atoms with Gasteiger partial charge in [0, 0.05) is 0 Å². The maximum Gasteiger partial charge on any atom is 0.0595 e. The van der Waals surface area contributed by atoms with Crippen molar-refractivity contribution >= 4 is 23.2 Å². The molecule has 2 rings (SSSR count). The Balaban J connectivity index is 2.40. The fourth-order valence-electron chi connectivity index (χ4n) is 2.21. The maximum atomic E-state index is 6.10. The van der Waals surface area contributed by atoms with Crippen LogP contribution in [0.5, 0.6) is 0 Å². The highest BCUT2D eigenvalue weighted by Crippen LogP contribution is 2.29. The summed E-state index contributed by atoms with van der Waals surface area (Å²) in [6.07, 6.45) is 1.03. The van der Waals surface area contributed by atoms with Crippen molar-refractivity contribution < 1.29 is 0 Å². The first-order chi connectivity index (χ1) is 9.15. The largest absolute Gasteiger partial charge is 0.309 e. The molecule has 1 nitrogen and oxygen atoms in total. The Morgan fingerprint density at radius 2 is 1.74 bits per heavy atom. The summed E-state index contributed by atoms with van der Waals surface area (Å²) in [5, 5.41) is 4.51. The summed E-state index contributed by atoms with van der Waals surface area (Å²) in [7, 11) is 1.95. The molecular formula is C16H17Cl2N. The monoisotopic (exact) mass is 293 g/mol. The zero-order chi connectivity index (χ0) is 13.8. The van der Waals surface area contributed by atoms with Crippen LogP contribution in [0.3, 0.4) is 0 Å². The van der Waals surface area contributed by atoms with Crippen molar-refractivity contribution in [1.82, 2.24) is 5.32 Å². The first kappa shape index (κ1) is 14.4. The number of rotatable bonds is 4. The molecule has 0 spiro atoms. The van der Waals surface area contributed by atoms with Crippen molar-refractivity contribution in [3.63, 3.8) is 0 Å². The van der Waals surface area contributed by atoms with Gasteiger partial charge in [0.2, 0.25) is 0 Å². The minimum Gasteiger partial charge on any atom is -0.309 e. The summed E-state index contributed by atoms with van der Waals surface area (Å²) < 4.78 is 0. The highest BCUT2D eigenvalue weighted by atomic mass is 35.5. The Hall–Kier alpha value is -1.02. The lowest BCUT2D eigenvalue weighted by molar-refractivity contribution is 0.691. The molecule has 3 heteroatoms. The molecule has 1 unspecified atom stereocenters. The van der Waals surface area contributed by atoms with E-state index in [1.54, 1.807) is 0 Å². The molecule has 19 heavy (non-hydrogen) atoms. The van der Waals surface area contributed by atoms with E-state index < -0.39 is 0 Å². The summed E-state index contributed by atoms with van der Waals surface area (Å²) in [6.45, 7) is 2.16. The smallest absolute Gasteiger partial charge is 0.0595 e. The number of benzene rings is 2. The van der Waals surface area contributed by atoms with Crippen LogP contribution < -0.4 is 5.32 Å². The molecule has 1 N–H and O–H groups in total. The van der Waals surface area contributed by atoms with Crippen molar-refractivity contribution in [3.05, 3.63) is 69.2 Å². The van der Waals surface area contributed by atoms with Gasteiger partial charge in [0.1, 0.15) is 0 Å². The van der Waals surface area contributed by atoms with Gasteiger partial charge in [-0.3, -0.25) is 0 Å². The third-order valence-corrected chi connectivity index (χ3v) is 4.00. The summed E-state index contributed by atoms with van der Waals surface area (Å²) in [5.41, 5.74) is 3.68. The fourth-order valence-corrected chi connectivity index (χ4v) is 2.52. The molecule has 0 aliphatic heterocycles. The second-order valence-corrected chi connectivity index (χ2v) is 5.31. The lowest BCUT2D eigenvalue weighted by atomic mass is 9.97. The Morgan fingerprint density at radius 1 is 1.00 bits per heavy atom. The molecule has 2 aromatic carbocycles. The van der Waals surface area contributed by atoms with Gasteiger partial charge in [-0.1, -0.05) is 60.5 Å². The molecule has 0 aromatic heterocycles. The quantitative estimate of drug-likeness (QED) is 0.848. The van der Waals surface area contributed by atoms with Crippen LogP contribution in [0.2, 0.25) is 10.0 Å². The van der Waals surface area contributed by atoms with Gasteiger partial charge >= 0.3 is 0 Å². The highest BCUT2D eigenvalue weighted by Gasteiger charge is 2.13. The molecule has 0 aliphatic rings. The van der Waals surface area contributed by atoms with Gasteiger partial charge < -0.3 is 5.32 Å². The van der Waals surface area contributed by atoms with Crippen molar-refractivity contribution in [2.75, 3.05) is 7.05 Å². The molecule has 0 saturated carbocycles. The Labute approximate surface area is 124 Å². The zero-order valence-electron chi connectivity index (χ0n) is 11.1. The van der Waals surface area contributed by atoms with Crippen LogP contribution in [0.4, 0.5) is 0 Å². The number of hydrogen-bond donors (Lipinski definition) is 1. The van der Waals surface area contributed by atoms with E-state index in [1.165, 1.54) is 11.1 Å². The Kier molecular flexibility index (Phi) is 4.87. The lowest BCUT2D eigenvalue weighted by Gasteiger charge is -2.18. The summed E-state index contributed by atoms with van der Waals surface area (Å²) in [6, 6.07) is 14.5. The predicted octanol–water partition coefficient (Wildman–Crippen LogP) is 4.86. The number of hydrogen-bond acceptors (Lipinski definition) is 1. The zero-order valence-corrected chi connectivity index (χ0v) is 12.6. The topological polar surface area (TPSA) is 12.0 Å². The number of halogens is 2. The standard InChI is InChI=1S/C16H17Cl2N/c1-3-11-5-4-6-12(9-11)16(19-2)13-7-8-14(17)15(18)10-13/h4-10,16,19H,3H2,1-2H3. The molecule has 0 bridgehead atoms. The average Bonchev–Trinajstić information content (AvgIpc) is 2.44. The van der Waals surface area contributed by atoms with Crippen LogP contribution in [-0.4, -0.2) is 7.05 Å². The van der Waals surface area contributed by atoms with Crippen LogP contribution in [-0.2, 0) is 6.42 Å². The molecule has 100 valence electrons. The molecule has 0 radical (unpaired) electrons. The first-order valence-electron chi connectivity index (χ1n) is 6.36. The Morgan fingerprint density at radius 3 is 2.37 bits per heavy atom.